The molecule has 0 unspecified atom stereocenters. The molecule has 0 spiro atoms. The molecule has 4 heteroatoms. The van der Waals surface area contributed by atoms with E-state index in [2.05, 4.69) is 12.1 Å². The van der Waals surface area contributed by atoms with Crippen LogP contribution in [0.15, 0.2) is 24.3 Å². The third-order valence-electron chi connectivity index (χ3n) is 3.20. The molecule has 0 aromatic heterocycles. The molecule has 1 fully saturated rings. The van der Waals surface area contributed by atoms with Crippen LogP contribution in [0, 0.1) is 28.1 Å². The molecule has 0 atom stereocenters. The summed E-state index contributed by atoms with van der Waals surface area (Å²) in [6.07, 6.45) is 1.32. The Morgan fingerprint density at radius 2 is 2.17 bits per heavy atom. The van der Waals surface area contributed by atoms with Crippen LogP contribution >= 0.6 is 0 Å². The average Bonchev–Trinajstić information content (AvgIpc) is 3.19. The van der Waals surface area contributed by atoms with Crippen molar-refractivity contribution in [3.63, 3.8) is 0 Å². The Labute approximate surface area is 106 Å². The van der Waals surface area contributed by atoms with E-state index < -0.39 is 5.41 Å². The first-order chi connectivity index (χ1) is 8.61. The third kappa shape index (κ3) is 2.19. The molecule has 0 heterocycles. The van der Waals surface area contributed by atoms with Crippen molar-refractivity contribution in [3.8, 4) is 12.1 Å². The highest BCUT2D eigenvalue weighted by molar-refractivity contribution is 5.88. The van der Waals surface area contributed by atoms with Crippen LogP contribution < -0.4 is 0 Å². The van der Waals surface area contributed by atoms with Gasteiger partial charge in [-0.05, 0) is 30.5 Å². The summed E-state index contributed by atoms with van der Waals surface area (Å²) in [7, 11) is 1.69. The molecule has 1 aliphatic rings. The van der Waals surface area contributed by atoms with Crippen molar-refractivity contribution in [1.82, 2.24) is 4.90 Å². The minimum absolute atomic E-state index is 0.118. The van der Waals surface area contributed by atoms with E-state index in [-0.39, 0.29) is 5.91 Å². The number of hydrogen-bond acceptors (Lipinski definition) is 3. The normalized spacial score (nSPS) is 15.3. The van der Waals surface area contributed by atoms with Crippen LogP contribution in [0.25, 0.3) is 0 Å². The number of amides is 1. The highest BCUT2D eigenvalue weighted by Gasteiger charge is 2.51. The second-order valence-corrected chi connectivity index (χ2v) is 4.67. The topological polar surface area (TPSA) is 67.9 Å². The van der Waals surface area contributed by atoms with E-state index in [0.29, 0.717) is 24.9 Å². The SMILES string of the molecule is CN(Cc1cccc(C#N)c1)C(=O)C1(C#N)CC1. The lowest BCUT2D eigenvalue weighted by Gasteiger charge is -2.19. The van der Waals surface area contributed by atoms with Crippen molar-refractivity contribution < 1.29 is 4.79 Å². The average molecular weight is 239 g/mol. The number of nitrogens with zero attached hydrogens (tertiary/aromatic N) is 3. The van der Waals surface area contributed by atoms with Gasteiger partial charge in [0.15, 0.2) is 0 Å². The zero-order chi connectivity index (χ0) is 13.2. The van der Waals surface area contributed by atoms with E-state index >= 15 is 0 Å². The molecular weight excluding hydrogens is 226 g/mol. The third-order valence-corrected chi connectivity index (χ3v) is 3.20. The van der Waals surface area contributed by atoms with Crippen LogP contribution in [-0.4, -0.2) is 17.9 Å². The Balaban J connectivity index is 2.08. The summed E-state index contributed by atoms with van der Waals surface area (Å²) in [5.41, 5.74) is 0.704. The Bertz CT molecular complexity index is 561. The Morgan fingerprint density at radius 3 is 2.72 bits per heavy atom. The van der Waals surface area contributed by atoms with Gasteiger partial charge in [0.25, 0.3) is 0 Å². The van der Waals surface area contributed by atoms with Gasteiger partial charge >= 0.3 is 0 Å². The van der Waals surface area contributed by atoms with Crippen LogP contribution in [0.5, 0.6) is 0 Å². The summed E-state index contributed by atoms with van der Waals surface area (Å²) < 4.78 is 0. The summed E-state index contributed by atoms with van der Waals surface area (Å²) >= 11 is 0. The molecule has 1 aromatic rings. The maximum atomic E-state index is 12.1. The molecule has 18 heavy (non-hydrogen) atoms. The molecule has 0 saturated heterocycles. The molecule has 1 aromatic carbocycles. The first-order valence-electron chi connectivity index (χ1n) is 5.77. The maximum absolute atomic E-state index is 12.1. The van der Waals surface area contributed by atoms with E-state index in [1.54, 1.807) is 30.1 Å². The number of rotatable bonds is 3. The highest BCUT2D eigenvalue weighted by Crippen LogP contribution is 2.46. The van der Waals surface area contributed by atoms with Gasteiger partial charge in [-0.2, -0.15) is 10.5 Å². The molecule has 90 valence electrons. The lowest BCUT2D eigenvalue weighted by atomic mass is 10.1. The molecule has 0 bridgehead atoms. The smallest absolute Gasteiger partial charge is 0.243 e. The predicted octanol–water partition coefficient (Wildman–Crippen LogP) is 1.82. The van der Waals surface area contributed by atoms with E-state index in [0.717, 1.165) is 5.56 Å². The molecule has 2 rings (SSSR count). The fraction of sp³-hybridized carbons (Fsp3) is 0.357. The summed E-state index contributed by atoms with van der Waals surface area (Å²) in [5, 5.41) is 17.8. The lowest BCUT2D eigenvalue weighted by molar-refractivity contribution is -0.134. The van der Waals surface area contributed by atoms with Gasteiger partial charge in [0.1, 0.15) is 5.41 Å². The summed E-state index contributed by atoms with van der Waals surface area (Å²) in [4.78, 5) is 13.6. The number of carbonyl (C=O) groups excluding carboxylic acids is 1. The molecule has 1 saturated carbocycles. The van der Waals surface area contributed by atoms with Crippen LogP contribution in [0.1, 0.15) is 24.0 Å². The van der Waals surface area contributed by atoms with E-state index in [4.69, 9.17) is 10.5 Å². The van der Waals surface area contributed by atoms with Crippen LogP contribution in [0.4, 0.5) is 0 Å². The fourth-order valence-electron chi connectivity index (χ4n) is 1.95. The second kappa shape index (κ2) is 4.50. The van der Waals surface area contributed by atoms with Gasteiger partial charge in [0.05, 0.1) is 17.7 Å². The largest absolute Gasteiger partial charge is 0.340 e. The standard InChI is InChI=1S/C14H13N3O/c1-17(13(18)14(10-16)5-6-14)9-12-4-2-3-11(7-12)8-15/h2-4,7H,5-6,9H2,1H3. The highest BCUT2D eigenvalue weighted by atomic mass is 16.2. The predicted molar refractivity (Wildman–Crippen MR) is 64.9 cm³/mol. The Hall–Kier alpha value is -2.33. The second-order valence-electron chi connectivity index (χ2n) is 4.67. The first kappa shape index (κ1) is 12.1. The summed E-state index contributed by atoms with van der Waals surface area (Å²) in [6, 6.07) is 11.3. The minimum Gasteiger partial charge on any atom is -0.340 e. The quantitative estimate of drug-likeness (QED) is 0.808. The number of benzene rings is 1. The maximum Gasteiger partial charge on any atom is 0.243 e. The number of hydrogen-bond donors (Lipinski definition) is 0. The van der Waals surface area contributed by atoms with Gasteiger partial charge in [-0.15, -0.1) is 0 Å². The van der Waals surface area contributed by atoms with E-state index in [1.165, 1.54) is 0 Å². The van der Waals surface area contributed by atoms with Crippen LogP contribution in [0.2, 0.25) is 0 Å². The Morgan fingerprint density at radius 1 is 1.44 bits per heavy atom. The van der Waals surface area contributed by atoms with Crippen LogP contribution in [-0.2, 0) is 11.3 Å². The monoisotopic (exact) mass is 239 g/mol. The van der Waals surface area contributed by atoms with Crippen molar-refractivity contribution in [2.45, 2.75) is 19.4 Å². The minimum atomic E-state index is -0.776. The zero-order valence-electron chi connectivity index (χ0n) is 10.2. The molecule has 0 radical (unpaired) electrons. The first-order valence-corrected chi connectivity index (χ1v) is 5.77. The van der Waals surface area contributed by atoms with Crippen LogP contribution in [0.3, 0.4) is 0 Å². The summed E-state index contributed by atoms with van der Waals surface area (Å²) in [6.45, 7) is 0.428. The van der Waals surface area contributed by atoms with Crippen molar-refractivity contribution in [1.29, 1.82) is 10.5 Å². The molecule has 1 amide bonds. The molecular formula is C14H13N3O. The van der Waals surface area contributed by atoms with Gasteiger partial charge in [-0.3, -0.25) is 4.79 Å². The van der Waals surface area contributed by atoms with Crippen molar-refractivity contribution in [2.75, 3.05) is 7.05 Å². The molecule has 1 aliphatic carbocycles. The number of carbonyl (C=O) groups is 1. The van der Waals surface area contributed by atoms with E-state index in [1.807, 2.05) is 6.07 Å². The van der Waals surface area contributed by atoms with Crippen molar-refractivity contribution >= 4 is 5.91 Å². The van der Waals surface area contributed by atoms with Crippen molar-refractivity contribution in [2.24, 2.45) is 5.41 Å². The Kier molecular flexibility index (Phi) is 3.04. The van der Waals surface area contributed by atoms with Gasteiger partial charge in [-0.25, -0.2) is 0 Å². The summed E-state index contributed by atoms with van der Waals surface area (Å²) in [5.74, 6) is -0.118. The fourth-order valence-corrected chi connectivity index (χ4v) is 1.95. The van der Waals surface area contributed by atoms with Gasteiger partial charge in [-0.1, -0.05) is 12.1 Å². The van der Waals surface area contributed by atoms with Crippen molar-refractivity contribution in [3.05, 3.63) is 35.4 Å². The van der Waals surface area contributed by atoms with E-state index in [9.17, 15) is 4.79 Å². The van der Waals surface area contributed by atoms with Gasteiger partial charge in [0.2, 0.25) is 5.91 Å². The van der Waals surface area contributed by atoms with Gasteiger partial charge in [0, 0.05) is 13.6 Å². The molecule has 0 aliphatic heterocycles. The molecule has 0 N–H and O–H groups in total. The molecule has 4 nitrogen and oxygen atoms in total. The zero-order valence-corrected chi connectivity index (χ0v) is 10.2. The number of nitriles is 2. The van der Waals surface area contributed by atoms with Gasteiger partial charge < -0.3 is 4.90 Å². The lowest BCUT2D eigenvalue weighted by Crippen LogP contribution is -2.33.